The lowest BCUT2D eigenvalue weighted by Gasteiger charge is -2.04. The highest BCUT2D eigenvalue weighted by atomic mass is 32.2. The first kappa shape index (κ1) is 11.3. The Labute approximate surface area is 89.1 Å². The molecule has 0 amide bonds. The second kappa shape index (κ2) is 5.88. The monoisotopic (exact) mass is 212 g/mol. The van der Waals surface area contributed by atoms with Crippen LogP contribution in [-0.2, 0) is 4.74 Å². The number of aromatic nitrogens is 1. The van der Waals surface area contributed by atoms with Crippen molar-refractivity contribution in [1.82, 2.24) is 4.98 Å². The van der Waals surface area contributed by atoms with Crippen LogP contribution in [0, 0.1) is 6.92 Å². The summed E-state index contributed by atoms with van der Waals surface area (Å²) in [4.78, 5) is 4.27. The van der Waals surface area contributed by atoms with Gasteiger partial charge in [-0.2, -0.15) is 0 Å². The van der Waals surface area contributed by atoms with Gasteiger partial charge in [0.25, 0.3) is 0 Å². The molecule has 3 nitrogen and oxygen atoms in total. The van der Waals surface area contributed by atoms with Crippen molar-refractivity contribution < 1.29 is 4.74 Å². The first-order valence-corrected chi connectivity index (χ1v) is 5.56. The average molecular weight is 212 g/mol. The maximum absolute atomic E-state index is 5.61. The lowest BCUT2D eigenvalue weighted by Crippen LogP contribution is -1.94. The van der Waals surface area contributed by atoms with Crippen LogP contribution in [0.15, 0.2) is 17.3 Å². The van der Waals surface area contributed by atoms with Crippen LogP contribution in [0.5, 0.6) is 0 Å². The van der Waals surface area contributed by atoms with Gasteiger partial charge in [0, 0.05) is 19.5 Å². The Hall–Kier alpha value is -0.740. The molecule has 0 atom stereocenters. The molecule has 78 valence electrons. The minimum atomic E-state index is 0.726. The highest BCUT2D eigenvalue weighted by Gasteiger charge is 2.00. The summed E-state index contributed by atoms with van der Waals surface area (Å²) in [6.45, 7) is 2.84. The Morgan fingerprint density at radius 2 is 2.36 bits per heavy atom. The van der Waals surface area contributed by atoms with Gasteiger partial charge >= 0.3 is 0 Å². The molecule has 0 aliphatic carbocycles. The zero-order valence-corrected chi connectivity index (χ0v) is 9.43. The molecule has 0 fully saturated rings. The molecule has 1 rings (SSSR count). The number of nitrogens with two attached hydrogens (primary N) is 1. The minimum Gasteiger partial charge on any atom is -0.397 e. The fraction of sp³-hybridized carbons (Fsp3) is 0.500. The van der Waals surface area contributed by atoms with Gasteiger partial charge in [-0.1, -0.05) is 0 Å². The third-order valence-electron chi connectivity index (χ3n) is 1.78. The van der Waals surface area contributed by atoms with E-state index in [-0.39, 0.29) is 0 Å². The summed E-state index contributed by atoms with van der Waals surface area (Å²) in [5.41, 5.74) is 7.48. The molecule has 14 heavy (non-hydrogen) atoms. The Morgan fingerprint density at radius 3 is 3.00 bits per heavy atom. The molecule has 1 aromatic heterocycles. The summed E-state index contributed by atoms with van der Waals surface area (Å²) in [7, 11) is 1.72. The van der Waals surface area contributed by atoms with E-state index < -0.39 is 0 Å². The Bertz CT molecular complexity index is 291. The van der Waals surface area contributed by atoms with Crippen molar-refractivity contribution in [2.75, 3.05) is 25.2 Å². The number of aryl methyl sites for hydroxylation is 1. The first-order chi connectivity index (χ1) is 6.74. The van der Waals surface area contributed by atoms with E-state index in [4.69, 9.17) is 10.5 Å². The van der Waals surface area contributed by atoms with Gasteiger partial charge in [0.05, 0.1) is 16.9 Å². The van der Waals surface area contributed by atoms with Gasteiger partial charge in [0.1, 0.15) is 0 Å². The van der Waals surface area contributed by atoms with Crippen LogP contribution in [0.2, 0.25) is 0 Å². The number of anilines is 1. The molecule has 4 heteroatoms. The number of rotatable bonds is 5. The molecule has 0 bridgehead atoms. The molecule has 0 aromatic carbocycles. The van der Waals surface area contributed by atoms with Crippen LogP contribution in [0.4, 0.5) is 5.69 Å². The molecular weight excluding hydrogens is 196 g/mol. The molecule has 0 aliphatic heterocycles. The lowest BCUT2D eigenvalue weighted by molar-refractivity contribution is 0.200. The zero-order chi connectivity index (χ0) is 10.4. The van der Waals surface area contributed by atoms with Crippen LogP contribution >= 0.6 is 11.8 Å². The van der Waals surface area contributed by atoms with E-state index in [2.05, 4.69) is 4.98 Å². The molecule has 0 radical (unpaired) electrons. The van der Waals surface area contributed by atoms with Crippen molar-refractivity contribution in [3.63, 3.8) is 0 Å². The molecule has 0 unspecified atom stereocenters. The van der Waals surface area contributed by atoms with Crippen molar-refractivity contribution in [3.8, 4) is 0 Å². The van der Waals surface area contributed by atoms with Crippen LogP contribution in [-0.4, -0.2) is 24.5 Å². The number of hydrogen-bond acceptors (Lipinski definition) is 4. The van der Waals surface area contributed by atoms with Crippen LogP contribution < -0.4 is 5.73 Å². The Balaban J connectivity index is 2.42. The van der Waals surface area contributed by atoms with E-state index in [1.807, 2.05) is 13.0 Å². The molecule has 0 aliphatic rings. The van der Waals surface area contributed by atoms with Gasteiger partial charge in [-0.05, 0) is 25.0 Å². The van der Waals surface area contributed by atoms with Crippen molar-refractivity contribution in [1.29, 1.82) is 0 Å². The SMILES string of the molecule is COCCCSc1ncc(N)cc1C. The van der Waals surface area contributed by atoms with Gasteiger partial charge in [-0.15, -0.1) is 11.8 Å². The highest BCUT2D eigenvalue weighted by Crippen LogP contribution is 2.21. The number of pyridine rings is 1. The van der Waals surface area contributed by atoms with Crippen LogP contribution in [0.1, 0.15) is 12.0 Å². The van der Waals surface area contributed by atoms with Crippen LogP contribution in [0.3, 0.4) is 0 Å². The summed E-state index contributed by atoms with van der Waals surface area (Å²) >= 11 is 1.75. The molecule has 1 heterocycles. The lowest BCUT2D eigenvalue weighted by atomic mass is 10.3. The number of nitrogen functional groups attached to an aromatic ring is 1. The smallest absolute Gasteiger partial charge is 0.0990 e. The molecule has 0 spiro atoms. The highest BCUT2D eigenvalue weighted by molar-refractivity contribution is 7.99. The standard InChI is InChI=1S/C10H16N2OS/c1-8-6-9(11)7-12-10(8)14-5-3-4-13-2/h6-7H,3-5,11H2,1-2H3. The van der Waals surface area contributed by atoms with Gasteiger partial charge in [-0.25, -0.2) is 4.98 Å². The second-order valence-corrected chi connectivity index (χ2v) is 4.17. The first-order valence-electron chi connectivity index (χ1n) is 4.58. The minimum absolute atomic E-state index is 0.726. The number of methoxy groups -OCH3 is 1. The number of thioether (sulfide) groups is 1. The fourth-order valence-corrected chi connectivity index (χ4v) is 1.98. The van der Waals surface area contributed by atoms with Crippen molar-refractivity contribution in [3.05, 3.63) is 17.8 Å². The molecule has 1 aromatic rings. The molecule has 0 saturated heterocycles. The Kier molecular flexibility index (Phi) is 4.76. The molecular formula is C10H16N2OS. The summed E-state index contributed by atoms with van der Waals surface area (Å²) in [5.74, 6) is 1.03. The third-order valence-corrected chi connectivity index (χ3v) is 2.98. The summed E-state index contributed by atoms with van der Waals surface area (Å²) in [5, 5.41) is 1.07. The van der Waals surface area contributed by atoms with E-state index in [0.717, 1.165) is 35.1 Å². The van der Waals surface area contributed by atoms with E-state index in [0.29, 0.717) is 0 Å². The van der Waals surface area contributed by atoms with Gasteiger partial charge in [0.2, 0.25) is 0 Å². The van der Waals surface area contributed by atoms with Crippen molar-refractivity contribution in [2.45, 2.75) is 18.4 Å². The van der Waals surface area contributed by atoms with E-state index in [9.17, 15) is 0 Å². The van der Waals surface area contributed by atoms with Gasteiger partial charge in [0.15, 0.2) is 0 Å². The largest absolute Gasteiger partial charge is 0.397 e. The molecule has 0 saturated carbocycles. The van der Waals surface area contributed by atoms with E-state index in [1.165, 1.54) is 0 Å². The average Bonchev–Trinajstić information content (AvgIpc) is 2.15. The third kappa shape index (κ3) is 3.55. The van der Waals surface area contributed by atoms with Crippen molar-refractivity contribution >= 4 is 17.4 Å². The summed E-state index contributed by atoms with van der Waals surface area (Å²) in [6, 6.07) is 1.95. The predicted octanol–water partition coefficient (Wildman–Crippen LogP) is 2.10. The van der Waals surface area contributed by atoms with Gasteiger partial charge in [-0.3, -0.25) is 0 Å². The topological polar surface area (TPSA) is 48.1 Å². The normalized spacial score (nSPS) is 10.4. The summed E-state index contributed by atoms with van der Waals surface area (Å²) < 4.78 is 4.98. The van der Waals surface area contributed by atoms with Crippen molar-refractivity contribution in [2.24, 2.45) is 0 Å². The number of nitrogens with zero attached hydrogens (tertiary/aromatic N) is 1. The zero-order valence-electron chi connectivity index (χ0n) is 8.62. The molecule has 2 N–H and O–H groups in total. The number of ether oxygens (including phenoxy) is 1. The van der Waals surface area contributed by atoms with Gasteiger partial charge < -0.3 is 10.5 Å². The fourth-order valence-electron chi connectivity index (χ4n) is 1.11. The quantitative estimate of drug-likeness (QED) is 0.600. The predicted molar refractivity (Wildman–Crippen MR) is 60.6 cm³/mol. The van der Waals surface area contributed by atoms with Crippen LogP contribution in [0.25, 0.3) is 0 Å². The summed E-state index contributed by atoms with van der Waals surface area (Å²) in [6.07, 6.45) is 2.75. The maximum Gasteiger partial charge on any atom is 0.0990 e. The van der Waals surface area contributed by atoms with E-state index >= 15 is 0 Å². The van der Waals surface area contributed by atoms with E-state index in [1.54, 1.807) is 25.1 Å². The second-order valence-electron chi connectivity index (χ2n) is 3.09. The maximum atomic E-state index is 5.61. The Morgan fingerprint density at radius 1 is 1.57 bits per heavy atom. The number of hydrogen-bond donors (Lipinski definition) is 1.